The molecular weight excluding hydrogens is 282 g/mol. The van der Waals surface area contributed by atoms with Crippen molar-refractivity contribution in [3.63, 3.8) is 0 Å². The Kier molecular flexibility index (Phi) is 5.34. The van der Waals surface area contributed by atoms with Crippen LogP contribution in [0.15, 0.2) is 23.8 Å². The molecule has 1 heterocycles. The topological polar surface area (TPSA) is 21.3 Å². The van der Waals surface area contributed by atoms with Crippen LogP contribution in [0.3, 0.4) is 0 Å². The maximum Gasteiger partial charge on any atom is 0.126 e. The lowest BCUT2D eigenvalue weighted by Crippen LogP contribution is -2.36. The number of allylic oxidation sites excluding steroid dienone is 1. The molecule has 1 N–H and O–H groups in total. The minimum atomic E-state index is 0.184. The van der Waals surface area contributed by atoms with Crippen LogP contribution in [0, 0.1) is 0 Å². The van der Waals surface area contributed by atoms with Crippen LogP contribution >= 0.6 is 11.6 Å². The first-order chi connectivity index (χ1) is 9.85. The molecule has 2 nitrogen and oxygen atoms in total. The molecule has 0 aromatic heterocycles. The zero-order valence-corrected chi connectivity index (χ0v) is 14.3. The molecule has 0 bridgehead atoms. The summed E-state index contributed by atoms with van der Waals surface area (Å²) < 4.78 is 5.76. The quantitative estimate of drug-likeness (QED) is 0.637. The molecule has 0 spiro atoms. The zero-order valence-electron chi connectivity index (χ0n) is 13.6. The van der Waals surface area contributed by atoms with Crippen LogP contribution < -0.4 is 10.1 Å². The first-order valence-corrected chi connectivity index (χ1v) is 8.08. The van der Waals surface area contributed by atoms with Crippen molar-refractivity contribution in [3.8, 4) is 5.75 Å². The number of ether oxygens (including phenoxy) is 1. The SMILES string of the molecule is C/C(=C/CCNC(C)(C)C)Cc1cc(Cl)cc2c1OCC2. The van der Waals surface area contributed by atoms with Gasteiger partial charge in [-0.1, -0.05) is 23.3 Å². The van der Waals surface area contributed by atoms with Crippen LogP contribution in [0.5, 0.6) is 5.75 Å². The molecule has 1 aromatic rings. The number of halogens is 1. The van der Waals surface area contributed by atoms with Crippen molar-refractivity contribution in [3.05, 3.63) is 39.9 Å². The first-order valence-electron chi connectivity index (χ1n) is 7.70. The highest BCUT2D eigenvalue weighted by Gasteiger charge is 2.17. The highest BCUT2D eigenvalue weighted by molar-refractivity contribution is 6.30. The van der Waals surface area contributed by atoms with E-state index in [-0.39, 0.29) is 5.54 Å². The van der Waals surface area contributed by atoms with Gasteiger partial charge in [0.15, 0.2) is 0 Å². The number of fused-ring (bicyclic) bond motifs is 1. The summed E-state index contributed by atoms with van der Waals surface area (Å²) in [5.41, 5.74) is 4.02. The Morgan fingerprint density at radius 3 is 2.86 bits per heavy atom. The fraction of sp³-hybridized carbons (Fsp3) is 0.556. The van der Waals surface area contributed by atoms with E-state index in [4.69, 9.17) is 16.3 Å². The Morgan fingerprint density at radius 1 is 1.38 bits per heavy atom. The smallest absolute Gasteiger partial charge is 0.126 e. The van der Waals surface area contributed by atoms with Crippen molar-refractivity contribution in [2.24, 2.45) is 0 Å². The van der Waals surface area contributed by atoms with E-state index in [1.165, 1.54) is 16.7 Å². The third kappa shape index (κ3) is 5.05. The summed E-state index contributed by atoms with van der Waals surface area (Å²) >= 11 is 6.20. The lowest BCUT2D eigenvalue weighted by atomic mass is 10.0. The molecule has 0 saturated heterocycles. The summed E-state index contributed by atoms with van der Waals surface area (Å²) in [7, 11) is 0. The van der Waals surface area contributed by atoms with E-state index in [9.17, 15) is 0 Å². The van der Waals surface area contributed by atoms with Crippen molar-refractivity contribution in [1.82, 2.24) is 5.32 Å². The van der Waals surface area contributed by atoms with Gasteiger partial charge in [-0.05, 0) is 70.3 Å². The summed E-state index contributed by atoms with van der Waals surface area (Å²) in [5.74, 6) is 1.06. The van der Waals surface area contributed by atoms with Gasteiger partial charge in [-0.25, -0.2) is 0 Å². The van der Waals surface area contributed by atoms with E-state index >= 15 is 0 Å². The second-order valence-electron chi connectivity index (χ2n) is 6.84. The van der Waals surface area contributed by atoms with Gasteiger partial charge < -0.3 is 10.1 Å². The van der Waals surface area contributed by atoms with Crippen LogP contribution in [0.4, 0.5) is 0 Å². The average molecular weight is 308 g/mol. The minimum absolute atomic E-state index is 0.184. The second-order valence-corrected chi connectivity index (χ2v) is 7.28. The lowest BCUT2D eigenvalue weighted by Gasteiger charge is -2.19. The Labute approximate surface area is 133 Å². The van der Waals surface area contributed by atoms with Crippen molar-refractivity contribution in [2.45, 2.75) is 52.5 Å². The van der Waals surface area contributed by atoms with E-state index in [0.717, 1.165) is 43.2 Å². The minimum Gasteiger partial charge on any atom is -0.493 e. The highest BCUT2D eigenvalue weighted by Crippen LogP contribution is 2.34. The van der Waals surface area contributed by atoms with Crippen LogP contribution in [0.25, 0.3) is 0 Å². The van der Waals surface area contributed by atoms with E-state index in [2.05, 4.69) is 39.1 Å². The molecule has 0 aliphatic carbocycles. The van der Waals surface area contributed by atoms with Gasteiger partial charge in [-0.3, -0.25) is 0 Å². The van der Waals surface area contributed by atoms with Gasteiger partial charge in [0.2, 0.25) is 0 Å². The van der Waals surface area contributed by atoms with E-state index in [1.807, 2.05) is 12.1 Å². The molecule has 2 rings (SSSR count). The van der Waals surface area contributed by atoms with Gasteiger partial charge in [-0.15, -0.1) is 0 Å². The predicted molar refractivity (Wildman–Crippen MR) is 90.5 cm³/mol. The number of nitrogens with one attached hydrogen (secondary N) is 1. The normalized spacial score (nSPS) is 15.0. The van der Waals surface area contributed by atoms with Crippen molar-refractivity contribution in [1.29, 1.82) is 0 Å². The zero-order chi connectivity index (χ0) is 15.5. The van der Waals surface area contributed by atoms with Crippen LogP contribution in [-0.4, -0.2) is 18.7 Å². The Balaban J connectivity index is 1.95. The summed E-state index contributed by atoms with van der Waals surface area (Å²) in [6.07, 6.45) is 5.24. The summed E-state index contributed by atoms with van der Waals surface area (Å²) in [6.45, 7) is 10.5. The number of benzene rings is 1. The Morgan fingerprint density at radius 2 is 2.14 bits per heavy atom. The molecular formula is C18H26ClNO. The molecule has 0 amide bonds. The van der Waals surface area contributed by atoms with Crippen LogP contribution in [0.1, 0.15) is 45.2 Å². The standard InChI is InChI=1S/C18H26ClNO/c1-13(6-5-8-20-18(2,3)4)10-15-12-16(19)11-14-7-9-21-17(14)15/h6,11-12,20H,5,7-10H2,1-4H3/b13-6-. The monoisotopic (exact) mass is 307 g/mol. The third-order valence-corrected chi connectivity index (χ3v) is 3.81. The molecule has 1 aliphatic heterocycles. The highest BCUT2D eigenvalue weighted by atomic mass is 35.5. The molecule has 0 atom stereocenters. The van der Waals surface area contributed by atoms with Crippen molar-refractivity contribution < 1.29 is 4.74 Å². The molecule has 1 aromatic carbocycles. The molecule has 0 unspecified atom stereocenters. The molecule has 0 fully saturated rings. The second kappa shape index (κ2) is 6.85. The molecule has 116 valence electrons. The van der Waals surface area contributed by atoms with Gasteiger partial charge in [0, 0.05) is 17.0 Å². The number of rotatable bonds is 5. The molecule has 3 heteroatoms. The summed E-state index contributed by atoms with van der Waals surface area (Å²) in [4.78, 5) is 0. The lowest BCUT2D eigenvalue weighted by molar-refractivity contribution is 0.354. The molecule has 21 heavy (non-hydrogen) atoms. The van der Waals surface area contributed by atoms with E-state index in [1.54, 1.807) is 0 Å². The average Bonchev–Trinajstić information content (AvgIpc) is 2.81. The van der Waals surface area contributed by atoms with E-state index < -0.39 is 0 Å². The van der Waals surface area contributed by atoms with Gasteiger partial charge >= 0.3 is 0 Å². The fourth-order valence-corrected chi connectivity index (χ4v) is 2.88. The number of hydrogen-bond donors (Lipinski definition) is 1. The van der Waals surface area contributed by atoms with Gasteiger partial charge in [0.05, 0.1) is 6.61 Å². The third-order valence-electron chi connectivity index (χ3n) is 3.59. The largest absolute Gasteiger partial charge is 0.493 e. The fourth-order valence-electron chi connectivity index (χ4n) is 2.62. The number of hydrogen-bond acceptors (Lipinski definition) is 2. The summed E-state index contributed by atoms with van der Waals surface area (Å²) in [6, 6.07) is 4.07. The molecule has 0 radical (unpaired) electrons. The van der Waals surface area contributed by atoms with Crippen molar-refractivity contribution in [2.75, 3.05) is 13.2 Å². The van der Waals surface area contributed by atoms with Crippen LogP contribution in [-0.2, 0) is 12.8 Å². The van der Waals surface area contributed by atoms with E-state index in [0.29, 0.717) is 0 Å². The molecule has 0 saturated carbocycles. The van der Waals surface area contributed by atoms with Gasteiger partial charge in [0.1, 0.15) is 5.75 Å². The van der Waals surface area contributed by atoms with Crippen LogP contribution in [0.2, 0.25) is 5.02 Å². The summed E-state index contributed by atoms with van der Waals surface area (Å²) in [5, 5.41) is 4.32. The Hall–Kier alpha value is -0.990. The van der Waals surface area contributed by atoms with Crippen molar-refractivity contribution >= 4 is 11.6 Å². The maximum atomic E-state index is 6.20. The maximum absolute atomic E-state index is 6.20. The molecule has 1 aliphatic rings. The van der Waals surface area contributed by atoms with Gasteiger partial charge in [-0.2, -0.15) is 0 Å². The first kappa shape index (κ1) is 16.4. The Bertz CT molecular complexity index is 529. The van der Waals surface area contributed by atoms with Gasteiger partial charge in [0.25, 0.3) is 0 Å². The predicted octanol–water partition coefficient (Wildman–Crippen LogP) is 4.54.